The molecule has 0 aliphatic rings. The lowest BCUT2D eigenvalue weighted by molar-refractivity contribution is 0.112. The number of carbonyl (C=O) groups is 1. The molecule has 1 heterocycles. The van der Waals surface area contributed by atoms with Gasteiger partial charge in [-0.3, -0.25) is 4.79 Å². The molecule has 0 N–H and O–H groups in total. The molecule has 0 fully saturated rings. The molecule has 4 heteroatoms. The third-order valence-electron chi connectivity index (χ3n) is 2.99. The van der Waals surface area contributed by atoms with Crippen molar-refractivity contribution in [2.45, 2.75) is 13.0 Å². The van der Waals surface area contributed by atoms with Crippen molar-refractivity contribution in [1.82, 2.24) is 4.57 Å². The number of nitrogens with zero attached hydrogens (tertiary/aromatic N) is 1. The summed E-state index contributed by atoms with van der Waals surface area (Å²) in [7, 11) is 3.31. The summed E-state index contributed by atoms with van der Waals surface area (Å²) in [6, 6.07) is 5.78. The van der Waals surface area contributed by atoms with Crippen molar-refractivity contribution in [3.63, 3.8) is 0 Å². The van der Waals surface area contributed by atoms with E-state index in [9.17, 15) is 4.79 Å². The molecule has 18 heavy (non-hydrogen) atoms. The number of benzene rings is 1. The molecule has 1 aromatic carbocycles. The number of rotatable bonds is 6. The third kappa shape index (κ3) is 2.38. The van der Waals surface area contributed by atoms with Crippen LogP contribution in [0.3, 0.4) is 0 Å². The normalized spacial score (nSPS) is 10.8. The standard InChI is InChI=1S/C14H17NO3/c1-17-7-3-6-15-9-11(10-16)13-8-12(18-2)4-5-14(13)15/h4-5,8-10H,3,6-7H2,1-2H3. The first kappa shape index (κ1) is 12.6. The molecule has 96 valence electrons. The lowest BCUT2D eigenvalue weighted by atomic mass is 10.2. The van der Waals surface area contributed by atoms with Gasteiger partial charge in [0.2, 0.25) is 0 Å². The molecule has 1 aromatic heterocycles. The minimum Gasteiger partial charge on any atom is -0.497 e. The number of hydrogen-bond acceptors (Lipinski definition) is 3. The van der Waals surface area contributed by atoms with E-state index in [1.807, 2.05) is 24.4 Å². The van der Waals surface area contributed by atoms with Crippen molar-refractivity contribution in [2.24, 2.45) is 0 Å². The van der Waals surface area contributed by atoms with E-state index in [0.29, 0.717) is 12.2 Å². The van der Waals surface area contributed by atoms with Gasteiger partial charge in [-0.2, -0.15) is 0 Å². The van der Waals surface area contributed by atoms with Crippen molar-refractivity contribution in [1.29, 1.82) is 0 Å². The maximum Gasteiger partial charge on any atom is 0.152 e. The Labute approximate surface area is 106 Å². The molecule has 0 amide bonds. The maximum absolute atomic E-state index is 11.1. The van der Waals surface area contributed by atoms with Gasteiger partial charge >= 0.3 is 0 Å². The van der Waals surface area contributed by atoms with E-state index in [-0.39, 0.29) is 0 Å². The number of aryl methyl sites for hydroxylation is 1. The Hall–Kier alpha value is -1.81. The molecule has 0 atom stereocenters. The zero-order valence-corrected chi connectivity index (χ0v) is 10.7. The number of methoxy groups -OCH3 is 2. The minimum atomic E-state index is 0.696. The lowest BCUT2D eigenvalue weighted by Gasteiger charge is -2.05. The molecule has 2 rings (SSSR count). The topological polar surface area (TPSA) is 40.5 Å². The van der Waals surface area contributed by atoms with Gasteiger partial charge in [-0.25, -0.2) is 0 Å². The molecular weight excluding hydrogens is 230 g/mol. The third-order valence-corrected chi connectivity index (χ3v) is 2.99. The molecule has 0 radical (unpaired) electrons. The Morgan fingerprint density at radius 1 is 1.33 bits per heavy atom. The zero-order chi connectivity index (χ0) is 13.0. The Morgan fingerprint density at radius 3 is 2.83 bits per heavy atom. The molecule has 4 nitrogen and oxygen atoms in total. The van der Waals surface area contributed by atoms with Crippen LogP contribution in [0, 0.1) is 0 Å². The SMILES string of the molecule is COCCCn1cc(C=O)c2cc(OC)ccc21. The van der Waals surface area contributed by atoms with Gasteiger partial charge in [-0.1, -0.05) is 0 Å². The van der Waals surface area contributed by atoms with Gasteiger partial charge in [0.05, 0.1) is 7.11 Å². The van der Waals surface area contributed by atoms with Crippen LogP contribution in [0.5, 0.6) is 5.75 Å². The van der Waals surface area contributed by atoms with Gasteiger partial charge in [0.25, 0.3) is 0 Å². The number of aldehydes is 1. The highest BCUT2D eigenvalue weighted by Crippen LogP contribution is 2.25. The summed E-state index contributed by atoms with van der Waals surface area (Å²) < 4.78 is 12.3. The van der Waals surface area contributed by atoms with Crippen LogP contribution < -0.4 is 4.74 Å². The Morgan fingerprint density at radius 2 is 2.17 bits per heavy atom. The van der Waals surface area contributed by atoms with Crippen LogP contribution in [0.25, 0.3) is 10.9 Å². The average molecular weight is 247 g/mol. The van der Waals surface area contributed by atoms with Crippen LogP contribution >= 0.6 is 0 Å². The maximum atomic E-state index is 11.1. The Kier molecular flexibility index (Phi) is 3.99. The van der Waals surface area contributed by atoms with Crippen molar-refractivity contribution in [2.75, 3.05) is 20.8 Å². The molecule has 0 unspecified atom stereocenters. The average Bonchev–Trinajstić information content (AvgIpc) is 2.76. The number of ether oxygens (including phenoxy) is 2. The first-order valence-electron chi connectivity index (χ1n) is 5.91. The van der Waals surface area contributed by atoms with Crippen LogP contribution in [-0.2, 0) is 11.3 Å². The van der Waals surface area contributed by atoms with Gasteiger partial charge < -0.3 is 14.0 Å². The summed E-state index contributed by atoms with van der Waals surface area (Å²) in [5.41, 5.74) is 1.75. The number of fused-ring (bicyclic) bond motifs is 1. The van der Waals surface area contributed by atoms with Crippen LogP contribution in [0.4, 0.5) is 0 Å². The Balaban J connectivity index is 2.39. The zero-order valence-electron chi connectivity index (χ0n) is 10.7. The van der Waals surface area contributed by atoms with Gasteiger partial charge in [-0.15, -0.1) is 0 Å². The predicted octanol–water partition coefficient (Wildman–Crippen LogP) is 2.50. The molecule has 0 saturated carbocycles. The van der Waals surface area contributed by atoms with Gasteiger partial charge in [0.15, 0.2) is 6.29 Å². The summed E-state index contributed by atoms with van der Waals surface area (Å²) in [6.45, 7) is 1.55. The second-order valence-electron chi connectivity index (χ2n) is 4.13. The minimum absolute atomic E-state index is 0.696. The largest absolute Gasteiger partial charge is 0.497 e. The van der Waals surface area contributed by atoms with Crippen molar-refractivity contribution >= 4 is 17.2 Å². The summed E-state index contributed by atoms with van der Waals surface area (Å²) in [5.74, 6) is 0.764. The smallest absolute Gasteiger partial charge is 0.152 e. The van der Waals surface area contributed by atoms with Crippen LogP contribution in [-0.4, -0.2) is 31.7 Å². The fourth-order valence-electron chi connectivity index (χ4n) is 2.09. The highest BCUT2D eigenvalue weighted by atomic mass is 16.5. The highest BCUT2D eigenvalue weighted by Gasteiger charge is 2.08. The molecule has 2 aromatic rings. The van der Waals surface area contributed by atoms with E-state index in [2.05, 4.69) is 4.57 Å². The van der Waals surface area contributed by atoms with E-state index in [0.717, 1.165) is 35.9 Å². The van der Waals surface area contributed by atoms with E-state index in [4.69, 9.17) is 9.47 Å². The van der Waals surface area contributed by atoms with E-state index in [1.54, 1.807) is 14.2 Å². The quantitative estimate of drug-likeness (QED) is 0.581. The van der Waals surface area contributed by atoms with Gasteiger partial charge in [0, 0.05) is 42.9 Å². The molecular formula is C14H17NO3. The van der Waals surface area contributed by atoms with E-state index < -0.39 is 0 Å². The predicted molar refractivity (Wildman–Crippen MR) is 70.4 cm³/mol. The van der Waals surface area contributed by atoms with Crippen LogP contribution in [0.15, 0.2) is 24.4 Å². The fourth-order valence-corrected chi connectivity index (χ4v) is 2.09. The monoisotopic (exact) mass is 247 g/mol. The number of carbonyl (C=O) groups excluding carboxylic acids is 1. The van der Waals surface area contributed by atoms with Crippen molar-refractivity contribution < 1.29 is 14.3 Å². The molecule has 0 bridgehead atoms. The van der Waals surface area contributed by atoms with Crippen molar-refractivity contribution in [3.05, 3.63) is 30.0 Å². The molecule has 0 aliphatic carbocycles. The highest BCUT2D eigenvalue weighted by molar-refractivity contribution is 5.98. The number of aromatic nitrogens is 1. The van der Waals surface area contributed by atoms with Crippen LogP contribution in [0.2, 0.25) is 0 Å². The summed E-state index contributed by atoms with van der Waals surface area (Å²) in [4.78, 5) is 11.1. The second-order valence-corrected chi connectivity index (χ2v) is 4.13. The second kappa shape index (κ2) is 5.69. The Bertz CT molecular complexity index is 545. The van der Waals surface area contributed by atoms with E-state index >= 15 is 0 Å². The molecule has 0 saturated heterocycles. The van der Waals surface area contributed by atoms with Crippen molar-refractivity contribution in [3.8, 4) is 5.75 Å². The molecule has 0 aliphatic heterocycles. The summed E-state index contributed by atoms with van der Waals surface area (Å²) in [6.07, 6.45) is 3.69. The fraction of sp³-hybridized carbons (Fsp3) is 0.357. The summed E-state index contributed by atoms with van der Waals surface area (Å²) in [5, 5.41) is 0.932. The summed E-state index contributed by atoms with van der Waals surface area (Å²) >= 11 is 0. The van der Waals surface area contributed by atoms with Gasteiger partial charge in [-0.05, 0) is 24.6 Å². The van der Waals surface area contributed by atoms with E-state index in [1.165, 1.54) is 0 Å². The van der Waals surface area contributed by atoms with Gasteiger partial charge in [0.1, 0.15) is 5.75 Å². The lowest BCUT2D eigenvalue weighted by Crippen LogP contribution is -1.99. The first-order valence-corrected chi connectivity index (χ1v) is 5.91. The number of hydrogen-bond donors (Lipinski definition) is 0. The van der Waals surface area contributed by atoms with Crippen LogP contribution in [0.1, 0.15) is 16.8 Å². The first-order chi connectivity index (χ1) is 8.80. The molecule has 0 spiro atoms.